The molecule has 0 atom stereocenters. The molecule has 5 nitrogen and oxygen atoms in total. The fraction of sp³-hybridized carbons (Fsp3) is 0. The molecule has 0 spiro atoms. The standard InChI is InChI=1S/C12H8ClN5/c13-10-5-3-9(4-6-10)12-15-16-17-18(12)11-2-1-7-14-8-11/h1-8H. The van der Waals surface area contributed by atoms with Gasteiger partial charge in [-0.1, -0.05) is 11.6 Å². The molecule has 0 saturated carbocycles. The highest BCUT2D eigenvalue weighted by Crippen LogP contribution is 2.20. The van der Waals surface area contributed by atoms with Crippen LogP contribution in [0.25, 0.3) is 17.1 Å². The maximum Gasteiger partial charge on any atom is 0.187 e. The van der Waals surface area contributed by atoms with Crippen LogP contribution in [0.1, 0.15) is 0 Å². The second-order valence-electron chi connectivity index (χ2n) is 3.63. The van der Waals surface area contributed by atoms with Gasteiger partial charge in [0.25, 0.3) is 0 Å². The molecule has 3 aromatic rings. The molecular formula is C12H8ClN5. The summed E-state index contributed by atoms with van der Waals surface area (Å²) in [7, 11) is 0. The largest absolute Gasteiger partial charge is 0.262 e. The highest BCUT2D eigenvalue weighted by atomic mass is 35.5. The van der Waals surface area contributed by atoms with Crippen molar-refractivity contribution in [1.29, 1.82) is 0 Å². The van der Waals surface area contributed by atoms with Crippen LogP contribution in [0.15, 0.2) is 48.8 Å². The van der Waals surface area contributed by atoms with E-state index >= 15 is 0 Å². The van der Waals surface area contributed by atoms with Crippen molar-refractivity contribution in [3.63, 3.8) is 0 Å². The van der Waals surface area contributed by atoms with Gasteiger partial charge in [0, 0.05) is 16.8 Å². The Bertz CT molecular complexity index is 648. The van der Waals surface area contributed by atoms with Crippen LogP contribution in [0.5, 0.6) is 0 Å². The molecular weight excluding hydrogens is 250 g/mol. The van der Waals surface area contributed by atoms with Crippen molar-refractivity contribution >= 4 is 11.6 Å². The predicted molar refractivity (Wildman–Crippen MR) is 67.4 cm³/mol. The van der Waals surface area contributed by atoms with E-state index in [-0.39, 0.29) is 0 Å². The number of hydrogen-bond donors (Lipinski definition) is 0. The van der Waals surface area contributed by atoms with Gasteiger partial charge in [-0.25, -0.2) is 0 Å². The van der Waals surface area contributed by atoms with Gasteiger partial charge in [0.1, 0.15) is 0 Å². The number of benzene rings is 1. The first kappa shape index (κ1) is 10.9. The predicted octanol–water partition coefficient (Wildman–Crippen LogP) is 2.38. The number of hydrogen-bond acceptors (Lipinski definition) is 4. The average Bonchev–Trinajstić information content (AvgIpc) is 2.90. The van der Waals surface area contributed by atoms with Crippen LogP contribution in [-0.2, 0) is 0 Å². The third kappa shape index (κ3) is 1.96. The molecule has 0 radical (unpaired) electrons. The number of nitrogens with zero attached hydrogens (tertiary/aromatic N) is 5. The first-order valence-corrected chi connectivity index (χ1v) is 5.67. The Morgan fingerprint density at radius 2 is 1.89 bits per heavy atom. The Morgan fingerprint density at radius 1 is 1.06 bits per heavy atom. The fourth-order valence-corrected chi connectivity index (χ4v) is 1.75. The van der Waals surface area contributed by atoms with Gasteiger partial charge in [0.05, 0.1) is 11.9 Å². The number of pyridine rings is 1. The molecule has 3 rings (SSSR count). The van der Waals surface area contributed by atoms with Gasteiger partial charge in [-0.05, 0) is 46.8 Å². The summed E-state index contributed by atoms with van der Waals surface area (Å²) in [6.07, 6.45) is 3.41. The third-order valence-electron chi connectivity index (χ3n) is 2.46. The van der Waals surface area contributed by atoms with Crippen LogP contribution in [0.4, 0.5) is 0 Å². The highest BCUT2D eigenvalue weighted by Gasteiger charge is 2.10. The van der Waals surface area contributed by atoms with Crippen molar-refractivity contribution in [2.45, 2.75) is 0 Å². The van der Waals surface area contributed by atoms with Crippen LogP contribution in [0, 0.1) is 0 Å². The molecule has 1 aromatic carbocycles. The lowest BCUT2D eigenvalue weighted by atomic mass is 10.2. The second kappa shape index (κ2) is 4.54. The van der Waals surface area contributed by atoms with Gasteiger partial charge in [-0.2, -0.15) is 4.68 Å². The third-order valence-corrected chi connectivity index (χ3v) is 2.71. The second-order valence-corrected chi connectivity index (χ2v) is 4.07. The van der Waals surface area contributed by atoms with Crippen molar-refractivity contribution in [2.24, 2.45) is 0 Å². The van der Waals surface area contributed by atoms with E-state index in [1.807, 2.05) is 24.3 Å². The lowest BCUT2D eigenvalue weighted by molar-refractivity contribution is 0.788. The Labute approximate surface area is 108 Å². The number of rotatable bonds is 2. The van der Waals surface area contributed by atoms with E-state index < -0.39 is 0 Å². The van der Waals surface area contributed by atoms with Crippen LogP contribution < -0.4 is 0 Å². The molecule has 0 saturated heterocycles. The normalized spacial score (nSPS) is 10.5. The Morgan fingerprint density at radius 3 is 2.61 bits per heavy atom. The molecule has 0 bridgehead atoms. The van der Waals surface area contributed by atoms with Gasteiger partial charge in [-0.3, -0.25) is 4.98 Å². The molecule has 88 valence electrons. The molecule has 0 N–H and O–H groups in total. The zero-order valence-electron chi connectivity index (χ0n) is 9.23. The number of halogens is 1. The summed E-state index contributed by atoms with van der Waals surface area (Å²) >= 11 is 5.86. The van der Waals surface area contributed by atoms with Crippen molar-refractivity contribution in [1.82, 2.24) is 25.2 Å². The molecule has 0 aliphatic rings. The zero-order chi connectivity index (χ0) is 12.4. The maximum absolute atomic E-state index is 5.86. The molecule has 0 aliphatic heterocycles. The minimum Gasteiger partial charge on any atom is -0.262 e. The smallest absolute Gasteiger partial charge is 0.187 e. The number of aromatic nitrogens is 5. The van der Waals surface area contributed by atoms with E-state index in [1.165, 1.54) is 0 Å². The molecule has 2 heterocycles. The van der Waals surface area contributed by atoms with E-state index in [0.29, 0.717) is 10.8 Å². The first-order valence-electron chi connectivity index (χ1n) is 5.29. The molecule has 0 unspecified atom stereocenters. The van der Waals surface area contributed by atoms with Crippen molar-refractivity contribution < 1.29 is 0 Å². The average molecular weight is 258 g/mol. The van der Waals surface area contributed by atoms with E-state index in [9.17, 15) is 0 Å². The minimum absolute atomic E-state index is 0.652. The van der Waals surface area contributed by atoms with Gasteiger partial charge in [0.15, 0.2) is 5.82 Å². The summed E-state index contributed by atoms with van der Waals surface area (Å²) in [5.41, 5.74) is 1.71. The summed E-state index contributed by atoms with van der Waals surface area (Å²) in [6.45, 7) is 0. The Hall–Kier alpha value is -2.27. The Balaban J connectivity index is 2.10. The minimum atomic E-state index is 0.652. The lowest BCUT2D eigenvalue weighted by Crippen LogP contribution is -1.99. The van der Waals surface area contributed by atoms with Crippen molar-refractivity contribution in [3.05, 3.63) is 53.8 Å². The van der Waals surface area contributed by atoms with Crippen LogP contribution in [0.3, 0.4) is 0 Å². The molecule has 0 amide bonds. The topological polar surface area (TPSA) is 56.5 Å². The van der Waals surface area contributed by atoms with Crippen molar-refractivity contribution in [2.75, 3.05) is 0 Å². The van der Waals surface area contributed by atoms with Gasteiger partial charge < -0.3 is 0 Å². The summed E-state index contributed by atoms with van der Waals surface area (Å²) in [4.78, 5) is 4.05. The molecule has 0 fully saturated rings. The lowest BCUT2D eigenvalue weighted by Gasteiger charge is -2.03. The van der Waals surface area contributed by atoms with Gasteiger partial charge in [0.2, 0.25) is 0 Å². The number of tetrazole rings is 1. The molecule has 18 heavy (non-hydrogen) atoms. The van der Waals surface area contributed by atoms with Crippen LogP contribution in [0.2, 0.25) is 5.02 Å². The van der Waals surface area contributed by atoms with Gasteiger partial charge >= 0.3 is 0 Å². The van der Waals surface area contributed by atoms with Gasteiger partial charge in [-0.15, -0.1) is 5.10 Å². The fourth-order valence-electron chi connectivity index (χ4n) is 1.62. The Kier molecular flexibility index (Phi) is 2.74. The van der Waals surface area contributed by atoms with E-state index in [1.54, 1.807) is 29.2 Å². The van der Waals surface area contributed by atoms with Crippen LogP contribution in [-0.4, -0.2) is 25.2 Å². The van der Waals surface area contributed by atoms with E-state index in [4.69, 9.17) is 11.6 Å². The van der Waals surface area contributed by atoms with E-state index in [0.717, 1.165) is 11.3 Å². The monoisotopic (exact) mass is 257 g/mol. The summed E-state index contributed by atoms with van der Waals surface area (Å²) in [5.74, 6) is 0.652. The first-order chi connectivity index (χ1) is 8.84. The molecule has 2 aromatic heterocycles. The van der Waals surface area contributed by atoms with Crippen LogP contribution >= 0.6 is 11.6 Å². The molecule has 6 heteroatoms. The SMILES string of the molecule is Clc1ccc(-c2nnnn2-c2cccnc2)cc1. The maximum atomic E-state index is 5.86. The molecule has 0 aliphatic carbocycles. The quantitative estimate of drug-likeness (QED) is 0.707. The van der Waals surface area contributed by atoms with Crippen molar-refractivity contribution in [3.8, 4) is 17.1 Å². The zero-order valence-corrected chi connectivity index (χ0v) is 9.99. The summed E-state index contributed by atoms with van der Waals surface area (Å²) in [6, 6.07) is 11.1. The summed E-state index contributed by atoms with van der Waals surface area (Å²) < 4.78 is 1.64. The van der Waals surface area contributed by atoms with E-state index in [2.05, 4.69) is 20.5 Å². The highest BCUT2D eigenvalue weighted by molar-refractivity contribution is 6.30. The summed E-state index contributed by atoms with van der Waals surface area (Å²) in [5, 5.41) is 12.4.